The largest absolute Gasteiger partial charge is 0.329 e. The van der Waals surface area contributed by atoms with Crippen LogP contribution in [-0.4, -0.2) is 9.86 Å². The zero-order valence-corrected chi connectivity index (χ0v) is 11.0. The molecule has 0 unspecified atom stereocenters. The number of hydrogen-bond acceptors (Lipinski definition) is 2. The van der Waals surface area contributed by atoms with E-state index in [0.717, 1.165) is 0 Å². The topological polar surface area (TPSA) is 17.1 Å². The van der Waals surface area contributed by atoms with Crippen molar-refractivity contribution in [1.82, 2.24) is 0 Å². The van der Waals surface area contributed by atoms with E-state index >= 15 is 0 Å². The molecule has 0 saturated carbocycles. The summed E-state index contributed by atoms with van der Waals surface area (Å²) in [5.41, 5.74) is 0. The molecule has 0 atom stereocenters. The summed E-state index contributed by atoms with van der Waals surface area (Å²) < 4.78 is 0.0266. The Morgan fingerprint density at radius 2 is 1.78 bits per heavy atom. The maximum Gasteiger partial charge on any atom is 0.0522 e. The molecule has 0 aromatic rings. The fourth-order valence-corrected chi connectivity index (χ4v) is 1.02. The maximum absolute atomic E-state index is 10.3. The van der Waals surface area contributed by atoms with Crippen molar-refractivity contribution in [3.05, 3.63) is 6.92 Å². The van der Waals surface area contributed by atoms with Crippen LogP contribution in [0.1, 0.15) is 20.8 Å². The van der Waals surface area contributed by atoms with Crippen molar-refractivity contribution in [2.24, 2.45) is 0 Å². The first kappa shape index (κ1) is 12.6. The third-order valence-corrected chi connectivity index (χ3v) is 1.26. The second-order valence-electron chi connectivity index (χ2n) is 2.59. The van der Waals surface area contributed by atoms with Crippen LogP contribution in [0.25, 0.3) is 0 Å². The van der Waals surface area contributed by atoms with E-state index in [4.69, 9.17) is 0 Å². The van der Waals surface area contributed by atoms with E-state index in [1.165, 1.54) is 11.8 Å². The molecule has 1 nitrogen and oxygen atoms in total. The van der Waals surface area contributed by atoms with E-state index in [0.29, 0.717) is 0 Å². The minimum absolute atomic E-state index is 0. The molecule has 0 N–H and O–H groups in total. The first-order valence-corrected chi connectivity index (χ1v) is 3.28. The molecule has 0 aromatic carbocycles. The van der Waals surface area contributed by atoms with Crippen molar-refractivity contribution < 1.29 is 35.9 Å². The molecule has 52 valence electrons. The Hall–Kier alpha value is 0.942. The normalized spacial score (nSPS) is 10.1. The number of thioether (sulfide) groups is 1. The number of carbonyl (C=O) groups is 1. The minimum Gasteiger partial charge on any atom is -0.329 e. The second kappa shape index (κ2) is 4.71. The summed E-state index contributed by atoms with van der Waals surface area (Å²) in [5.74, 6) is 0. The van der Waals surface area contributed by atoms with Gasteiger partial charge in [-0.3, -0.25) is 0 Å². The van der Waals surface area contributed by atoms with Crippen LogP contribution in [0.3, 0.4) is 0 Å². The van der Waals surface area contributed by atoms with Gasteiger partial charge in [0.2, 0.25) is 0 Å². The maximum atomic E-state index is 10.3. The van der Waals surface area contributed by atoms with Gasteiger partial charge in [-0.2, -0.15) is 0 Å². The predicted molar refractivity (Wildman–Crippen MR) is 37.7 cm³/mol. The van der Waals surface area contributed by atoms with Gasteiger partial charge in [0, 0.05) is 35.9 Å². The molecule has 0 aliphatic carbocycles. The van der Waals surface area contributed by atoms with Gasteiger partial charge in [-0.05, 0) is 0 Å². The molecule has 0 aromatic heterocycles. The van der Waals surface area contributed by atoms with E-state index in [2.05, 4.69) is 6.92 Å². The monoisotopic (exact) mass is 369 g/mol. The van der Waals surface area contributed by atoms with E-state index in [-0.39, 0.29) is 41.0 Å². The molecule has 0 fully saturated rings. The minimum atomic E-state index is -0.0579. The fraction of sp³-hybridized carbons (Fsp3) is 0.667. The Bertz CT molecular complexity index is 95.7. The summed E-state index contributed by atoms with van der Waals surface area (Å²) in [6, 6.07) is 0. The van der Waals surface area contributed by atoms with Gasteiger partial charge >= 0.3 is 0 Å². The smallest absolute Gasteiger partial charge is 0.0522 e. The molecule has 0 saturated heterocycles. The van der Waals surface area contributed by atoms with E-state index in [1.807, 2.05) is 20.8 Å². The Labute approximate surface area is 84.7 Å². The number of rotatable bonds is 0. The van der Waals surface area contributed by atoms with Crippen LogP contribution in [0.5, 0.6) is 0 Å². The van der Waals surface area contributed by atoms with E-state index in [1.54, 1.807) is 0 Å². The molecule has 0 radical (unpaired) electrons. The Kier molecular flexibility index (Phi) is 6.60. The molecular weight excluding hydrogens is 358 g/mol. The molecule has 0 aliphatic heterocycles. The SMILES string of the molecule is [CH2-]C(=O)SC(C)(C)C.[U]. The predicted octanol–water partition coefficient (Wildman–Crippen LogP) is 1.88. The molecule has 3 heteroatoms. The van der Waals surface area contributed by atoms with Crippen molar-refractivity contribution in [2.45, 2.75) is 25.5 Å². The molecule has 0 rings (SSSR count). The van der Waals surface area contributed by atoms with Crippen LogP contribution in [0.15, 0.2) is 0 Å². The first-order chi connectivity index (χ1) is 3.42. The molecule has 0 amide bonds. The van der Waals surface area contributed by atoms with Crippen molar-refractivity contribution in [3.8, 4) is 0 Å². The van der Waals surface area contributed by atoms with E-state index < -0.39 is 0 Å². The van der Waals surface area contributed by atoms with Gasteiger partial charge in [0.1, 0.15) is 0 Å². The van der Waals surface area contributed by atoms with Gasteiger partial charge in [-0.25, -0.2) is 0 Å². The van der Waals surface area contributed by atoms with Crippen molar-refractivity contribution in [3.63, 3.8) is 0 Å². The standard InChI is InChI=1S/C6H11OS.U/c1-5(7)8-6(2,3)4;/h1H2,2-4H3;/q-1;. The van der Waals surface area contributed by atoms with Crippen LogP contribution >= 0.6 is 11.8 Å². The van der Waals surface area contributed by atoms with E-state index in [9.17, 15) is 4.79 Å². The summed E-state index contributed by atoms with van der Waals surface area (Å²) in [7, 11) is 0. The number of carbonyl (C=O) groups excluding carboxylic acids is 1. The van der Waals surface area contributed by atoms with Gasteiger partial charge in [0.05, 0.1) is 5.12 Å². The van der Waals surface area contributed by atoms with Crippen molar-refractivity contribution in [1.29, 1.82) is 0 Å². The van der Waals surface area contributed by atoms with Crippen LogP contribution in [0, 0.1) is 38.0 Å². The average Bonchev–Trinajstić information content (AvgIpc) is 1.21. The van der Waals surface area contributed by atoms with Gasteiger partial charge < -0.3 is 11.7 Å². The Balaban J connectivity index is 0. The quantitative estimate of drug-likeness (QED) is 0.607. The summed E-state index contributed by atoms with van der Waals surface area (Å²) in [6.45, 7) is 9.21. The van der Waals surface area contributed by atoms with Crippen LogP contribution in [0.2, 0.25) is 0 Å². The number of hydrogen-bond donors (Lipinski definition) is 0. The summed E-state index contributed by atoms with van der Waals surface area (Å²) in [6.07, 6.45) is 0. The summed E-state index contributed by atoms with van der Waals surface area (Å²) in [5, 5.41) is -0.0579. The van der Waals surface area contributed by atoms with Crippen molar-refractivity contribution in [2.75, 3.05) is 0 Å². The average molecular weight is 369 g/mol. The summed E-state index contributed by atoms with van der Waals surface area (Å²) >= 11 is 1.26. The first-order valence-electron chi connectivity index (χ1n) is 2.47. The third kappa shape index (κ3) is 12.2. The molecular formula is C6H11OSU-. The molecule has 0 spiro atoms. The molecule has 0 aliphatic rings. The second-order valence-corrected chi connectivity index (χ2v) is 4.47. The van der Waals surface area contributed by atoms with Gasteiger partial charge in [0.25, 0.3) is 0 Å². The van der Waals surface area contributed by atoms with Crippen LogP contribution in [-0.2, 0) is 4.79 Å². The van der Waals surface area contributed by atoms with Crippen LogP contribution in [0.4, 0.5) is 0 Å². The summed E-state index contributed by atoms with van der Waals surface area (Å²) in [4.78, 5) is 10.3. The zero-order chi connectivity index (χ0) is 6.78. The van der Waals surface area contributed by atoms with Crippen LogP contribution < -0.4 is 0 Å². The fourth-order valence-electron chi connectivity index (χ4n) is 0.342. The third-order valence-electron chi connectivity index (χ3n) is 0.420. The van der Waals surface area contributed by atoms with Gasteiger partial charge in [-0.1, -0.05) is 20.8 Å². The molecule has 9 heavy (non-hydrogen) atoms. The van der Waals surface area contributed by atoms with Gasteiger partial charge in [0.15, 0.2) is 0 Å². The van der Waals surface area contributed by atoms with Gasteiger partial charge in [-0.15, -0.1) is 11.8 Å². The Morgan fingerprint density at radius 1 is 1.44 bits per heavy atom. The zero-order valence-electron chi connectivity index (χ0n) is 6.02. The molecule has 0 heterocycles. The molecule has 0 bridgehead atoms. The Morgan fingerprint density at radius 3 is 1.78 bits per heavy atom. The van der Waals surface area contributed by atoms with Crippen molar-refractivity contribution >= 4 is 16.9 Å².